The molecule has 1 atom stereocenters. The van der Waals surface area contributed by atoms with Gasteiger partial charge in [-0.2, -0.15) is 0 Å². The Morgan fingerprint density at radius 2 is 2.00 bits per heavy atom. The van der Waals surface area contributed by atoms with Gasteiger partial charge in [-0.25, -0.2) is 8.42 Å². The zero-order valence-electron chi connectivity index (χ0n) is 9.19. The van der Waals surface area contributed by atoms with E-state index in [0.29, 0.717) is 0 Å². The van der Waals surface area contributed by atoms with Gasteiger partial charge >= 0.3 is 5.97 Å². The van der Waals surface area contributed by atoms with Crippen LogP contribution in [0.3, 0.4) is 0 Å². The highest BCUT2D eigenvalue weighted by Gasteiger charge is 2.47. The van der Waals surface area contributed by atoms with Crippen molar-refractivity contribution in [1.82, 2.24) is 0 Å². The summed E-state index contributed by atoms with van der Waals surface area (Å²) in [5, 5.41) is 9.12. The molecule has 0 aromatic rings. The maximum absolute atomic E-state index is 11.3. The van der Waals surface area contributed by atoms with E-state index in [1.54, 1.807) is 13.8 Å². The van der Waals surface area contributed by atoms with Gasteiger partial charge in [-0.3, -0.25) is 4.79 Å². The maximum atomic E-state index is 11.3. The number of carbonyl (C=O) groups is 1. The van der Waals surface area contributed by atoms with Gasteiger partial charge in [0.15, 0.2) is 0 Å². The van der Waals surface area contributed by atoms with Crippen molar-refractivity contribution in [3.8, 4) is 0 Å². The minimum atomic E-state index is -3.06. The molecule has 1 aliphatic rings. The molecule has 4 nitrogen and oxygen atoms in total. The summed E-state index contributed by atoms with van der Waals surface area (Å²) in [5.74, 6) is -0.616. The number of carboxylic acids is 1. The van der Waals surface area contributed by atoms with Crippen molar-refractivity contribution >= 4 is 15.8 Å². The molecule has 0 spiro atoms. The largest absolute Gasteiger partial charge is 0.481 e. The van der Waals surface area contributed by atoms with Crippen LogP contribution in [0.25, 0.3) is 0 Å². The van der Waals surface area contributed by atoms with Gasteiger partial charge in [-0.1, -0.05) is 6.92 Å². The van der Waals surface area contributed by atoms with E-state index >= 15 is 0 Å². The van der Waals surface area contributed by atoms with Crippen LogP contribution in [-0.4, -0.2) is 31.0 Å². The molecule has 15 heavy (non-hydrogen) atoms. The first-order valence-electron chi connectivity index (χ1n) is 5.25. The van der Waals surface area contributed by atoms with Crippen molar-refractivity contribution in [1.29, 1.82) is 0 Å². The van der Waals surface area contributed by atoms with Crippen LogP contribution in [0.1, 0.15) is 33.1 Å². The molecule has 0 aliphatic heterocycles. The summed E-state index contributed by atoms with van der Waals surface area (Å²) < 4.78 is 22.6. The molecule has 1 saturated carbocycles. The topological polar surface area (TPSA) is 71.4 Å². The van der Waals surface area contributed by atoms with Gasteiger partial charge in [0.1, 0.15) is 9.84 Å². The molecular formula is C10H18O4S. The summed E-state index contributed by atoms with van der Waals surface area (Å²) in [6, 6.07) is 0. The first-order chi connectivity index (χ1) is 6.82. The lowest BCUT2D eigenvalue weighted by molar-refractivity contribution is -0.149. The zero-order valence-corrected chi connectivity index (χ0v) is 10.0. The molecular weight excluding hydrogens is 216 g/mol. The lowest BCUT2D eigenvalue weighted by atomic mass is 9.82. The van der Waals surface area contributed by atoms with Crippen molar-refractivity contribution < 1.29 is 18.3 Å². The standard InChI is InChI=1S/C10H18O4S/c1-3-15(13,14)7-6-10(2,9(11)12)8-4-5-8/h8H,3-7H2,1-2H3,(H,11,12). The van der Waals surface area contributed by atoms with E-state index in [1.807, 2.05) is 0 Å². The number of aliphatic carboxylic acids is 1. The highest BCUT2D eigenvalue weighted by atomic mass is 32.2. The van der Waals surface area contributed by atoms with E-state index in [-0.39, 0.29) is 23.8 Å². The lowest BCUT2D eigenvalue weighted by Gasteiger charge is -2.24. The number of rotatable bonds is 6. The van der Waals surface area contributed by atoms with E-state index in [0.717, 1.165) is 12.8 Å². The van der Waals surface area contributed by atoms with Gasteiger partial charge in [0.05, 0.1) is 11.2 Å². The third kappa shape index (κ3) is 2.93. The summed E-state index contributed by atoms with van der Waals surface area (Å²) in [6.45, 7) is 3.25. The second-order valence-corrected chi connectivity index (χ2v) is 6.96. The predicted octanol–water partition coefficient (Wildman–Crippen LogP) is 1.31. The van der Waals surface area contributed by atoms with Crippen LogP contribution in [0, 0.1) is 11.3 Å². The molecule has 1 unspecified atom stereocenters. The quantitative estimate of drug-likeness (QED) is 0.752. The normalized spacial score (nSPS) is 20.9. The van der Waals surface area contributed by atoms with Crippen LogP contribution in [0.4, 0.5) is 0 Å². The zero-order chi connectivity index (χ0) is 11.7. The lowest BCUT2D eigenvalue weighted by Crippen LogP contribution is -2.32. The van der Waals surface area contributed by atoms with Crippen molar-refractivity contribution in [2.75, 3.05) is 11.5 Å². The first kappa shape index (κ1) is 12.5. The van der Waals surface area contributed by atoms with Gasteiger partial charge in [-0.15, -0.1) is 0 Å². The molecule has 1 N–H and O–H groups in total. The maximum Gasteiger partial charge on any atom is 0.309 e. The van der Waals surface area contributed by atoms with Crippen molar-refractivity contribution in [2.45, 2.75) is 33.1 Å². The van der Waals surface area contributed by atoms with E-state index in [1.165, 1.54) is 0 Å². The van der Waals surface area contributed by atoms with Crippen molar-refractivity contribution in [3.63, 3.8) is 0 Å². The fourth-order valence-corrected chi connectivity index (χ4v) is 2.74. The van der Waals surface area contributed by atoms with E-state index in [4.69, 9.17) is 5.11 Å². The van der Waals surface area contributed by atoms with Gasteiger partial charge in [-0.05, 0) is 32.1 Å². The molecule has 0 amide bonds. The second-order valence-electron chi connectivity index (χ2n) is 4.48. The van der Waals surface area contributed by atoms with Crippen LogP contribution in [0.5, 0.6) is 0 Å². The molecule has 0 aromatic heterocycles. The van der Waals surface area contributed by atoms with Crippen LogP contribution < -0.4 is 0 Å². The first-order valence-corrected chi connectivity index (χ1v) is 7.08. The Labute approximate surface area is 90.6 Å². The Hall–Kier alpha value is -0.580. The minimum absolute atomic E-state index is 0.0111. The average molecular weight is 234 g/mol. The molecule has 1 rings (SSSR count). The van der Waals surface area contributed by atoms with Crippen molar-refractivity contribution in [2.24, 2.45) is 11.3 Å². The summed E-state index contributed by atoms with van der Waals surface area (Å²) >= 11 is 0. The molecule has 0 aromatic carbocycles. The van der Waals surface area contributed by atoms with Crippen LogP contribution in [0.2, 0.25) is 0 Å². The van der Waals surface area contributed by atoms with Crippen LogP contribution in [-0.2, 0) is 14.6 Å². The Bertz CT molecular complexity index is 342. The van der Waals surface area contributed by atoms with E-state index in [2.05, 4.69) is 0 Å². The Morgan fingerprint density at radius 3 is 2.33 bits per heavy atom. The summed E-state index contributed by atoms with van der Waals surface area (Å²) in [5.41, 5.74) is -0.845. The number of sulfone groups is 1. The molecule has 0 radical (unpaired) electrons. The van der Waals surface area contributed by atoms with E-state index < -0.39 is 21.2 Å². The fourth-order valence-electron chi connectivity index (χ4n) is 1.72. The van der Waals surface area contributed by atoms with Crippen LogP contribution in [0.15, 0.2) is 0 Å². The Balaban J connectivity index is 2.65. The molecule has 0 saturated heterocycles. The molecule has 0 heterocycles. The molecule has 0 bridgehead atoms. The molecule has 1 fully saturated rings. The summed E-state index contributed by atoms with van der Waals surface area (Å²) in [7, 11) is -3.06. The molecule has 1 aliphatic carbocycles. The van der Waals surface area contributed by atoms with Gasteiger partial charge in [0.2, 0.25) is 0 Å². The molecule has 5 heteroatoms. The summed E-state index contributed by atoms with van der Waals surface area (Å²) in [4.78, 5) is 11.1. The fraction of sp³-hybridized carbons (Fsp3) is 0.900. The monoisotopic (exact) mass is 234 g/mol. The van der Waals surface area contributed by atoms with Crippen molar-refractivity contribution in [3.05, 3.63) is 0 Å². The second kappa shape index (κ2) is 4.12. The molecule has 88 valence electrons. The third-order valence-corrected chi connectivity index (χ3v) is 5.04. The summed E-state index contributed by atoms with van der Waals surface area (Å²) in [6.07, 6.45) is 2.06. The number of carboxylic acid groups (broad SMARTS) is 1. The Morgan fingerprint density at radius 1 is 1.47 bits per heavy atom. The Kier molecular flexibility index (Phi) is 3.43. The van der Waals surface area contributed by atoms with Gasteiger partial charge in [0.25, 0.3) is 0 Å². The number of hydrogen-bond donors (Lipinski definition) is 1. The highest BCUT2D eigenvalue weighted by Crippen LogP contribution is 2.47. The SMILES string of the molecule is CCS(=O)(=O)CCC(C)(C(=O)O)C1CC1. The van der Waals surface area contributed by atoms with Gasteiger partial charge in [0, 0.05) is 5.75 Å². The highest BCUT2D eigenvalue weighted by molar-refractivity contribution is 7.91. The van der Waals surface area contributed by atoms with E-state index in [9.17, 15) is 13.2 Å². The predicted molar refractivity (Wildman–Crippen MR) is 57.4 cm³/mol. The number of hydrogen-bond acceptors (Lipinski definition) is 3. The minimum Gasteiger partial charge on any atom is -0.481 e. The third-order valence-electron chi connectivity index (χ3n) is 3.34. The van der Waals surface area contributed by atoms with Crippen LogP contribution >= 0.6 is 0 Å². The smallest absolute Gasteiger partial charge is 0.309 e. The van der Waals surface area contributed by atoms with Gasteiger partial charge < -0.3 is 5.11 Å². The average Bonchev–Trinajstić information content (AvgIpc) is 2.97.